The van der Waals surface area contributed by atoms with Crippen LogP contribution in [0.1, 0.15) is 25.3 Å². The van der Waals surface area contributed by atoms with E-state index in [0.29, 0.717) is 37.2 Å². The van der Waals surface area contributed by atoms with Crippen molar-refractivity contribution in [1.29, 1.82) is 5.26 Å². The van der Waals surface area contributed by atoms with E-state index < -0.39 is 15.9 Å². The van der Waals surface area contributed by atoms with Gasteiger partial charge in [0.25, 0.3) is 10.0 Å². The molecule has 2 heterocycles. The Labute approximate surface area is 158 Å². The summed E-state index contributed by atoms with van der Waals surface area (Å²) >= 11 is 0. The van der Waals surface area contributed by atoms with E-state index >= 15 is 0 Å². The van der Waals surface area contributed by atoms with Gasteiger partial charge in [0.15, 0.2) is 5.03 Å². The average molecular weight is 387 g/mol. The Balaban J connectivity index is 1.71. The zero-order valence-corrected chi connectivity index (χ0v) is 15.8. The molecule has 1 amide bonds. The van der Waals surface area contributed by atoms with Gasteiger partial charge in [-0.05, 0) is 38.0 Å². The Bertz CT molecular complexity index is 977. The molecule has 1 aliphatic heterocycles. The molecule has 1 aromatic heterocycles. The maximum atomic E-state index is 12.8. The topological polar surface area (TPSA) is 108 Å². The van der Waals surface area contributed by atoms with E-state index in [0.717, 1.165) is 0 Å². The zero-order chi connectivity index (χ0) is 19.4. The second-order valence-electron chi connectivity index (χ2n) is 6.43. The summed E-state index contributed by atoms with van der Waals surface area (Å²) in [5.74, 6) is -0.698. The maximum absolute atomic E-state index is 12.8. The van der Waals surface area contributed by atoms with Gasteiger partial charge in [-0.2, -0.15) is 9.57 Å². The Kier molecular flexibility index (Phi) is 5.58. The third-order valence-electron chi connectivity index (χ3n) is 4.59. The third-order valence-corrected chi connectivity index (χ3v) is 6.34. The van der Waals surface area contributed by atoms with Gasteiger partial charge < -0.3 is 9.88 Å². The lowest BCUT2D eigenvalue weighted by Crippen LogP contribution is -2.43. The molecule has 0 saturated carbocycles. The zero-order valence-electron chi connectivity index (χ0n) is 15.0. The number of nitriles is 1. The number of amides is 1. The molecule has 1 aliphatic rings. The van der Waals surface area contributed by atoms with Gasteiger partial charge in [0.2, 0.25) is 5.91 Å². The van der Waals surface area contributed by atoms with E-state index in [1.54, 1.807) is 28.8 Å². The van der Waals surface area contributed by atoms with Crippen molar-refractivity contribution in [2.75, 3.05) is 18.4 Å². The van der Waals surface area contributed by atoms with Crippen LogP contribution in [0.15, 0.2) is 41.8 Å². The van der Waals surface area contributed by atoms with Crippen molar-refractivity contribution in [1.82, 2.24) is 13.9 Å². The lowest BCUT2D eigenvalue weighted by atomic mass is 9.98. The van der Waals surface area contributed by atoms with Crippen LogP contribution in [0, 0.1) is 17.2 Å². The van der Waals surface area contributed by atoms with Crippen LogP contribution in [0.5, 0.6) is 0 Å². The minimum Gasteiger partial charge on any atom is -0.336 e. The molecule has 0 spiro atoms. The summed E-state index contributed by atoms with van der Waals surface area (Å²) in [7, 11) is -3.72. The summed E-state index contributed by atoms with van der Waals surface area (Å²) in [4.78, 5) is 16.6. The maximum Gasteiger partial charge on any atom is 0.262 e. The Morgan fingerprint density at radius 2 is 2.26 bits per heavy atom. The minimum atomic E-state index is -3.72. The monoisotopic (exact) mass is 387 g/mol. The number of carbonyl (C=O) groups is 1. The number of hydrogen-bond donors (Lipinski definition) is 1. The number of rotatable bonds is 5. The van der Waals surface area contributed by atoms with Gasteiger partial charge in [-0.1, -0.05) is 6.07 Å². The Morgan fingerprint density at radius 1 is 1.44 bits per heavy atom. The fraction of sp³-hybridized carbons (Fsp3) is 0.389. The molecular formula is C18H21N5O3S. The average Bonchev–Trinajstić information content (AvgIpc) is 3.18. The molecule has 1 fully saturated rings. The number of anilines is 1. The number of piperidine rings is 1. The van der Waals surface area contributed by atoms with E-state index in [1.165, 1.54) is 16.8 Å². The number of benzene rings is 1. The standard InChI is InChI=1S/C18H21N5O3S/c1-2-22-12-17(20-13-22)27(25,26)23-8-4-6-15(11-23)18(24)21-16-7-3-5-14(9-16)10-19/h3,5,7,9,12-13,15H,2,4,6,8,11H2,1H3,(H,21,24)/t15-/m1/s1. The summed E-state index contributed by atoms with van der Waals surface area (Å²) in [6.07, 6.45) is 4.21. The largest absolute Gasteiger partial charge is 0.336 e. The second kappa shape index (κ2) is 7.90. The molecule has 9 heteroatoms. The summed E-state index contributed by atoms with van der Waals surface area (Å²) in [5.41, 5.74) is 0.980. The molecule has 0 bridgehead atoms. The summed E-state index contributed by atoms with van der Waals surface area (Å²) < 4.78 is 28.6. The van der Waals surface area contributed by atoms with Crippen molar-refractivity contribution in [3.63, 3.8) is 0 Å². The van der Waals surface area contributed by atoms with Crippen LogP contribution in [0.2, 0.25) is 0 Å². The molecule has 0 unspecified atom stereocenters. The van der Waals surface area contributed by atoms with Gasteiger partial charge in [0.1, 0.15) is 0 Å². The van der Waals surface area contributed by atoms with Gasteiger partial charge in [-0.15, -0.1) is 0 Å². The first-order valence-corrected chi connectivity index (χ1v) is 10.2. The molecule has 27 heavy (non-hydrogen) atoms. The highest BCUT2D eigenvalue weighted by Crippen LogP contribution is 2.24. The highest BCUT2D eigenvalue weighted by molar-refractivity contribution is 7.89. The van der Waals surface area contributed by atoms with Crippen LogP contribution in [-0.4, -0.2) is 41.3 Å². The highest BCUT2D eigenvalue weighted by atomic mass is 32.2. The molecule has 2 aromatic rings. The number of nitrogens with zero attached hydrogens (tertiary/aromatic N) is 4. The lowest BCUT2D eigenvalue weighted by Gasteiger charge is -2.30. The number of nitrogens with one attached hydrogen (secondary N) is 1. The van der Waals surface area contributed by atoms with Gasteiger partial charge in [0.05, 0.1) is 23.9 Å². The minimum absolute atomic E-state index is 0.00660. The Hall–Kier alpha value is -2.70. The molecule has 1 saturated heterocycles. The lowest BCUT2D eigenvalue weighted by molar-refractivity contribution is -0.120. The van der Waals surface area contributed by atoms with Crippen LogP contribution in [0.3, 0.4) is 0 Å². The van der Waals surface area contributed by atoms with Crippen molar-refractivity contribution in [2.45, 2.75) is 31.3 Å². The predicted octanol–water partition coefficient (Wildman–Crippen LogP) is 1.81. The van der Waals surface area contributed by atoms with Crippen molar-refractivity contribution >= 4 is 21.6 Å². The number of imidazole rings is 1. The molecular weight excluding hydrogens is 366 g/mol. The van der Waals surface area contributed by atoms with E-state index in [2.05, 4.69) is 10.3 Å². The van der Waals surface area contributed by atoms with E-state index in [9.17, 15) is 13.2 Å². The number of aryl methyl sites for hydroxylation is 1. The molecule has 1 N–H and O–H groups in total. The number of hydrogen-bond acceptors (Lipinski definition) is 5. The van der Waals surface area contributed by atoms with Gasteiger partial charge in [0, 0.05) is 31.5 Å². The van der Waals surface area contributed by atoms with E-state index in [4.69, 9.17) is 5.26 Å². The van der Waals surface area contributed by atoms with E-state index in [-0.39, 0.29) is 17.5 Å². The van der Waals surface area contributed by atoms with Gasteiger partial charge >= 0.3 is 0 Å². The number of sulfonamides is 1. The van der Waals surface area contributed by atoms with Gasteiger partial charge in [-0.3, -0.25) is 4.79 Å². The third kappa shape index (κ3) is 4.18. The Morgan fingerprint density at radius 3 is 2.96 bits per heavy atom. The molecule has 1 aromatic carbocycles. The van der Waals surface area contributed by atoms with Crippen LogP contribution in [0.4, 0.5) is 5.69 Å². The summed E-state index contributed by atoms with van der Waals surface area (Å²) in [5, 5.41) is 11.7. The first kappa shape index (κ1) is 19.1. The molecule has 0 radical (unpaired) electrons. The smallest absolute Gasteiger partial charge is 0.262 e. The quantitative estimate of drug-likeness (QED) is 0.842. The van der Waals surface area contributed by atoms with E-state index in [1.807, 2.05) is 13.0 Å². The number of aromatic nitrogens is 2. The normalized spacial score (nSPS) is 18.0. The highest BCUT2D eigenvalue weighted by Gasteiger charge is 2.34. The first-order chi connectivity index (χ1) is 12.9. The van der Waals surface area contributed by atoms with Crippen LogP contribution >= 0.6 is 0 Å². The number of carbonyl (C=O) groups excluding carboxylic acids is 1. The summed E-state index contributed by atoms with van der Waals surface area (Å²) in [6.45, 7) is 3.02. The molecule has 3 rings (SSSR count). The van der Waals surface area contributed by atoms with Crippen molar-refractivity contribution < 1.29 is 13.2 Å². The summed E-state index contributed by atoms with van der Waals surface area (Å²) in [6, 6.07) is 8.66. The van der Waals surface area contributed by atoms with Crippen LogP contribution < -0.4 is 5.32 Å². The van der Waals surface area contributed by atoms with Gasteiger partial charge in [-0.25, -0.2) is 13.4 Å². The van der Waals surface area contributed by atoms with Crippen LogP contribution in [0.25, 0.3) is 0 Å². The first-order valence-electron chi connectivity index (χ1n) is 8.77. The second-order valence-corrected chi connectivity index (χ2v) is 8.31. The molecule has 8 nitrogen and oxygen atoms in total. The van der Waals surface area contributed by atoms with Crippen LogP contribution in [-0.2, 0) is 21.4 Å². The fourth-order valence-corrected chi connectivity index (χ4v) is 4.52. The molecule has 142 valence electrons. The SMILES string of the molecule is CCn1cnc(S(=O)(=O)N2CCC[C@@H](C(=O)Nc3cccc(C#N)c3)C2)c1. The van der Waals surface area contributed by atoms with Crippen molar-refractivity contribution in [3.05, 3.63) is 42.4 Å². The fourth-order valence-electron chi connectivity index (χ4n) is 3.06. The molecule has 0 aliphatic carbocycles. The predicted molar refractivity (Wildman–Crippen MR) is 99.2 cm³/mol. The molecule has 1 atom stereocenters. The van der Waals surface area contributed by atoms with Crippen molar-refractivity contribution in [3.8, 4) is 6.07 Å². The van der Waals surface area contributed by atoms with Crippen molar-refractivity contribution in [2.24, 2.45) is 5.92 Å².